The van der Waals surface area contributed by atoms with Crippen LogP contribution in [0.1, 0.15) is 28.8 Å². The van der Waals surface area contributed by atoms with E-state index >= 15 is 0 Å². The van der Waals surface area contributed by atoms with E-state index in [4.69, 9.17) is 16.3 Å². The largest absolute Gasteiger partial charge is 0.496 e. The van der Waals surface area contributed by atoms with Crippen molar-refractivity contribution in [1.82, 2.24) is 4.90 Å². The van der Waals surface area contributed by atoms with Crippen molar-refractivity contribution in [2.75, 3.05) is 20.2 Å². The number of carbonyl (C=O) groups excluding carboxylic acids is 1. The first-order chi connectivity index (χ1) is 11.7. The molecule has 1 heterocycles. The number of hydrogen-bond acceptors (Lipinski definition) is 3. The Labute approximate surface area is 148 Å². The molecule has 1 atom stereocenters. The molecule has 0 radical (unpaired) electrons. The zero-order valence-electron chi connectivity index (χ0n) is 13.9. The van der Waals surface area contributed by atoms with E-state index in [1.165, 1.54) is 5.56 Å². The van der Waals surface area contributed by atoms with Gasteiger partial charge in [0.15, 0.2) is 5.78 Å². The Bertz CT molecular complexity index is 699. The average Bonchev–Trinajstić information content (AvgIpc) is 2.62. The molecule has 2 aromatic carbocycles. The molecule has 1 aliphatic rings. The number of nitrogens with zero attached hydrogens (tertiary/aromatic N) is 1. The number of piperidine rings is 1. The lowest BCUT2D eigenvalue weighted by Crippen LogP contribution is -2.38. The van der Waals surface area contributed by atoms with Gasteiger partial charge < -0.3 is 4.74 Å². The van der Waals surface area contributed by atoms with Crippen LogP contribution in [0.2, 0.25) is 5.02 Å². The molecule has 0 N–H and O–H groups in total. The predicted molar refractivity (Wildman–Crippen MR) is 96.8 cm³/mol. The summed E-state index contributed by atoms with van der Waals surface area (Å²) in [6, 6.07) is 15.3. The Morgan fingerprint density at radius 3 is 2.71 bits per heavy atom. The lowest BCUT2D eigenvalue weighted by Gasteiger charge is -2.32. The van der Waals surface area contributed by atoms with Gasteiger partial charge in [-0.1, -0.05) is 29.8 Å². The normalized spacial score (nSPS) is 18.3. The topological polar surface area (TPSA) is 29.5 Å². The first-order valence-corrected chi connectivity index (χ1v) is 8.69. The van der Waals surface area contributed by atoms with Crippen molar-refractivity contribution < 1.29 is 9.53 Å². The second-order valence-electron chi connectivity index (χ2n) is 6.26. The van der Waals surface area contributed by atoms with Crippen LogP contribution in [0.15, 0.2) is 48.5 Å². The fourth-order valence-electron chi connectivity index (χ4n) is 3.34. The van der Waals surface area contributed by atoms with Crippen molar-refractivity contribution in [3.63, 3.8) is 0 Å². The predicted octanol–water partition coefficient (Wildman–Crippen LogP) is 4.44. The summed E-state index contributed by atoms with van der Waals surface area (Å²) in [4.78, 5) is 15.1. The van der Waals surface area contributed by atoms with Crippen LogP contribution >= 0.6 is 11.6 Å². The molecule has 3 rings (SSSR count). The lowest BCUT2D eigenvalue weighted by molar-refractivity contribution is 0.0811. The highest BCUT2D eigenvalue weighted by Crippen LogP contribution is 2.25. The highest BCUT2D eigenvalue weighted by molar-refractivity contribution is 6.30. The van der Waals surface area contributed by atoms with Crippen LogP contribution in [0.3, 0.4) is 0 Å². The molecule has 1 saturated heterocycles. The van der Waals surface area contributed by atoms with Gasteiger partial charge in [0.25, 0.3) is 0 Å². The molecule has 0 bridgehead atoms. The van der Waals surface area contributed by atoms with Crippen molar-refractivity contribution in [3.8, 4) is 5.75 Å². The number of halogens is 1. The summed E-state index contributed by atoms with van der Waals surface area (Å²) in [5.41, 5.74) is 1.92. The van der Waals surface area contributed by atoms with Crippen LogP contribution in [0, 0.1) is 5.92 Å². The molecule has 0 aliphatic carbocycles. The van der Waals surface area contributed by atoms with Crippen molar-refractivity contribution in [3.05, 3.63) is 64.7 Å². The number of benzene rings is 2. The second-order valence-corrected chi connectivity index (χ2v) is 6.69. The summed E-state index contributed by atoms with van der Waals surface area (Å²) in [5.74, 6) is 1.18. The molecule has 1 aliphatic heterocycles. The van der Waals surface area contributed by atoms with Crippen molar-refractivity contribution >= 4 is 17.4 Å². The Morgan fingerprint density at radius 1 is 1.21 bits per heavy atom. The molecule has 126 valence electrons. The molecule has 2 aromatic rings. The van der Waals surface area contributed by atoms with Crippen LogP contribution < -0.4 is 4.74 Å². The number of likely N-dealkylation sites (tertiary alicyclic amines) is 1. The summed E-state index contributed by atoms with van der Waals surface area (Å²) < 4.78 is 5.44. The van der Waals surface area contributed by atoms with E-state index in [0.29, 0.717) is 5.02 Å². The monoisotopic (exact) mass is 343 g/mol. The van der Waals surface area contributed by atoms with Gasteiger partial charge >= 0.3 is 0 Å². The molecule has 3 nitrogen and oxygen atoms in total. The van der Waals surface area contributed by atoms with Gasteiger partial charge in [-0.05, 0) is 49.7 Å². The summed E-state index contributed by atoms with van der Waals surface area (Å²) in [6.07, 6.45) is 1.99. The molecule has 0 aromatic heterocycles. The van der Waals surface area contributed by atoms with Gasteiger partial charge in [-0.25, -0.2) is 0 Å². The maximum absolute atomic E-state index is 12.7. The van der Waals surface area contributed by atoms with Gasteiger partial charge in [0.05, 0.1) is 7.11 Å². The number of carbonyl (C=O) groups is 1. The van der Waals surface area contributed by atoms with Gasteiger partial charge in [-0.3, -0.25) is 9.69 Å². The average molecular weight is 344 g/mol. The van der Waals surface area contributed by atoms with E-state index in [1.807, 2.05) is 30.3 Å². The van der Waals surface area contributed by atoms with E-state index in [1.54, 1.807) is 19.2 Å². The minimum atomic E-state index is 0.0506. The zero-order chi connectivity index (χ0) is 16.9. The van der Waals surface area contributed by atoms with E-state index in [-0.39, 0.29) is 11.7 Å². The van der Waals surface area contributed by atoms with Gasteiger partial charge in [0.2, 0.25) is 0 Å². The van der Waals surface area contributed by atoms with Crippen LogP contribution in [-0.4, -0.2) is 30.9 Å². The first-order valence-electron chi connectivity index (χ1n) is 8.31. The summed E-state index contributed by atoms with van der Waals surface area (Å²) in [6.45, 7) is 2.62. The van der Waals surface area contributed by atoms with Crippen molar-refractivity contribution in [1.29, 1.82) is 0 Å². The Hall–Kier alpha value is -1.84. The molecule has 0 spiro atoms. The third kappa shape index (κ3) is 3.97. The molecule has 24 heavy (non-hydrogen) atoms. The minimum absolute atomic E-state index is 0.0506. The summed E-state index contributed by atoms with van der Waals surface area (Å²) in [7, 11) is 1.70. The Kier molecular flexibility index (Phi) is 5.54. The maximum Gasteiger partial charge on any atom is 0.167 e. The number of ether oxygens (including phenoxy) is 1. The molecule has 4 heteroatoms. The van der Waals surface area contributed by atoms with Gasteiger partial charge in [-0.15, -0.1) is 0 Å². The van der Waals surface area contributed by atoms with E-state index in [9.17, 15) is 4.79 Å². The van der Waals surface area contributed by atoms with Crippen LogP contribution in [0.4, 0.5) is 0 Å². The van der Waals surface area contributed by atoms with Crippen LogP contribution in [0.25, 0.3) is 0 Å². The molecule has 0 saturated carbocycles. The highest BCUT2D eigenvalue weighted by atomic mass is 35.5. The zero-order valence-corrected chi connectivity index (χ0v) is 14.6. The van der Waals surface area contributed by atoms with E-state index in [0.717, 1.165) is 43.8 Å². The third-order valence-corrected chi connectivity index (χ3v) is 4.84. The molecule has 0 amide bonds. The molecule has 1 fully saturated rings. The molecular formula is C20H22ClNO2. The summed E-state index contributed by atoms with van der Waals surface area (Å²) >= 11 is 5.91. The van der Waals surface area contributed by atoms with Crippen LogP contribution in [0.5, 0.6) is 5.75 Å². The fraction of sp³-hybridized carbons (Fsp3) is 0.350. The summed E-state index contributed by atoms with van der Waals surface area (Å²) in [5, 5.41) is 0.660. The van der Waals surface area contributed by atoms with Gasteiger partial charge in [-0.2, -0.15) is 0 Å². The number of methoxy groups -OCH3 is 1. The number of para-hydroxylation sites is 1. The second kappa shape index (κ2) is 7.82. The van der Waals surface area contributed by atoms with Crippen molar-refractivity contribution in [2.24, 2.45) is 5.92 Å². The first kappa shape index (κ1) is 17.0. The number of Topliss-reactive ketones (excluding diaryl/α,β-unsaturated/α-hetero) is 1. The number of hydrogen-bond donors (Lipinski definition) is 0. The number of rotatable bonds is 5. The van der Waals surface area contributed by atoms with Gasteiger partial charge in [0, 0.05) is 35.2 Å². The minimum Gasteiger partial charge on any atom is -0.496 e. The fourth-order valence-corrected chi connectivity index (χ4v) is 3.46. The quantitative estimate of drug-likeness (QED) is 0.751. The molecule has 0 unspecified atom stereocenters. The van der Waals surface area contributed by atoms with Gasteiger partial charge in [0.1, 0.15) is 5.75 Å². The van der Waals surface area contributed by atoms with Crippen LogP contribution in [-0.2, 0) is 6.54 Å². The third-order valence-electron chi connectivity index (χ3n) is 4.59. The van der Waals surface area contributed by atoms with Crippen molar-refractivity contribution in [2.45, 2.75) is 19.4 Å². The Balaban J connectivity index is 1.68. The highest BCUT2D eigenvalue weighted by Gasteiger charge is 2.27. The molecular weight excluding hydrogens is 322 g/mol. The maximum atomic E-state index is 12.7. The Morgan fingerprint density at radius 2 is 1.96 bits per heavy atom. The van der Waals surface area contributed by atoms with E-state index in [2.05, 4.69) is 11.0 Å². The standard InChI is InChI=1S/C20H22ClNO2/c1-24-19-7-3-2-5-16(19)13-22-12-4-6-17(14-22)20(23)15-8-10-18(21)11-9-15/h2-3,5,7-11,17H,4,6,12-14H2,1H3/t17-/m1/s1. The SMILES string of the molecule is COc1ccccc1CN1CCC[C@@H](C(=O)c2ccc(Cl)cc2)C1. The lowest BCUT2D eigenvalue weighted by atomic mass is 9.90. The smallest absolute Gasteiger partial charge is 0.167 e. The number of ketones is 1. The van der Waals surface area contributed by atoms with E-state index < -0.39 is 0 Å².